The molecule has 1 amide bonds. The molecular formula is C26H26ClFN2O4S. The van der Waals surface area contributed by atoms with Crippen LogP contribution in [-0.2, 0) is 20.7 Å². The number of carbonyl (C=O) groups is 3. The number of primary amides is 1. The lowest BCUT2D eigenvalue weighted by Crippen LogP contribution is -2.51. The number of carbonyl (C=O) groups excluding carboxylic acids is 3. The molecule has 0 aliphatic heterocycles. The van der Waals surface area contributed by atoms with Crippen LogP contribution in [0.4, 0.5) is 4.39 Å². The molecule has 3 aromatic rings. The van der Waals surface area contributed by atoms with Crippen LogP contribution in [0.2, 0.25) is 4.34 Å². The van der Waals surface area contributed by atoms with Crippen LogP contribution in [0.25, 0.3) is 10.4 Å². The van der Waals surface area contributed by atoms with Gasteiger partial charge in [-0.2, -0.15) is 0 Å². The second-order valence-electron chi connectivity index (χ2n) is 8.78. The summed E-state index contributed by atoms with van der Waals surface area (Å²) >= 11 is 7.39. The van der Waals surface area contributed by atoms with E-state index in [1.165, 1.54) is 23.5 Å². The third-order valence-corrected chi connectivity index (χ3v) is 6.54. The summed E-state index contributed by atoms with van der Waals surface area (Å²) in [6.45, 7) is 3.72. The first-order valence-corrected chi connectivity index (χ1v) is 12.1. The van der Waals surface area contributed by atoms with Crippen molar-refractivity contribution < 1.29 is 23.5 Å². The Balaban J connectivity index is 1.68. The van der Waals surface area contributed by atoms with Crippen LogP contribution in [0.15, 0.2) is 60.7 Å². The molecule has 0 bridgehead atoms. The Kier molecular flexibility index (Phi) is 8.77. The van der Waals surface area contributed by atoms with Gasteiger partial charge in [-0.25, -0.2) is 14.0 Å². The van der Waals surface area contributed by atoms with E-state index in [0.717, 1.165) is 16.0 Å². The first-order valence-electron chi connectivity index (χ1n) is 10.9. The Morgan fingerprint density at radius 1 is 1.06 bits per heavy atom. The number of hydrogen-bond acceptors (Lipinski definition) is 6. The molecule has 35 heavy (non-hydrogen) atoms. The summed E-state index contributed by atoms with van der Waals surface area (Å²) in [5, 5.41) is 3.16. The van der Waals surface area contributed by atoms with Crippen molar-refractivity contribution >= 4 is 40.8 Å². The zero-order chi connectivity index (χ0) is 25.6. The SMILES string of the molecule is CC(C)(Cc1ccc(F)cc1)N[C@H](CCC(N)=O)C(=O)OC(=O)c1ccc(-c2ccc(Cl)s2)cc1. The minimum absolute atomic E-state index is 0.0619. The molecule has 0 unspecified atom stereocenters. The van der Waals surface area contributed by atoms with Crippen molar-refractivity contribution in [1.82, 2.24) is 5.32 Å². The molecule has 9 heteroatoms. The normalized spacial score (nSPS) is 12.2. The highest BCUT2D eigenvalue weighted by atomic mass is 35.5. The van der Waals surface area contributed by atoms with Crippen molar-refractivity contribution in [3.63, 3.8) is 0 Å². The monoisotopic (exact) mass is 516 g/mol. The van der Waals surface area contributed by atoms with E-state index in [9.17, 15) is 18.8 Å². The molecule has 3 N–H and O–H groups in total. The highest BCUT2D eigenvalue weighted by Crippen LogP contribution is 2.31. The summed E-state index contributed by atoms with van der Waals surface area (Å²) in [5.41, 5.74) is 6.59. The van der Waals surface area contributed by atoms with Crippen LogP contribution in [0.3, 0.4) is 0 Å². The minimum Gasteiger partial charge on any atom is -0.388 e. The number of ether oxygens (including phenoxy) is 1. The van der Waals surface area contributed by atoms with E-state index in [0.29, 0.717) is 10.8 Å². The van der Waals surface area contributed by atoms with Gasteiger partial charge in [0.15, 0.2) is 0 Å². The van der Waals surface area contributed by atoms with Crippen molar-refractivity contribution in [2.45, 2.75) is 44.7 Å². The van der Waals surface area contributed by atoms with Gasteiger partial charge in [-0.15, -0.1) is 11.3 Å². The number of nitrogens with one attached hydrogen (secondary N) is 1. The van der Waals surface area contributed by atoms with E-state index in [1.807, 2.05) is 19.9 Å². The molecule has 184 valence electrons. The topological polar surface area (TPSA) is 98.5 Å². The highest BCUT2D eigenvalue weighted by Gasteiger charge is 2.30. The standard InChI is InChI=1S/C26H26ClFN2O4S/c1-26(2,15-16-3-9-19(28)10-4-16)30-20(11-14-23(29)31)25(33)34-24(32)18-7-5-17(6-8-18)21-12-13-22(27)35-21/h3-10,12-13,20,30H,11,14-15H2,1-2H3,(H2,29,31)/t20-/m1/s1. The lowest BCUT2D eigenvalue weighted by atomic mass is 9.93. The maximum absolute atomic E-state index is 13.2. The van der Waals surface area contributed by atoms with Gasteiger partial charge < -0.3 is 10.5 Å². The summed E-state index contributed by atoms with van der Waals surface area (Å²) in [6, 6.07) is 15.4. The fourth-order valence-electron chi connectivity index (χ4n) is 3.63. The predicted molar refractivity (Wildman–Crippen MR) is 135 cm³/mol. The third kappa shape index (κ3) is 7.99. The molecule has 1 heterocycles. The largest absolute Gasteiger partial charge is 0.388 e. The Morgan fingerprint density at radius 3 is 2.29 bits per heavy atom. The number of benzene rings is 2. The van der Waals surface area contributed by atoms with Gasteiger partial charge in [0.25, 0.3) is 0 Å². The Hall–Kier alpha value is -3.07. The van der Waals surface area contributed by atoms with Gasteiger partial charge in [-0.1, -0.05) is 35.9 Å². The van der Waals surface area contributed by atoms with E-state index in [1.54, 1.807) is 42.5 Å². The first-order chi connectivity index (χ1) is 16.5. The van der Waals surface area contributed by atoms with Gasteiger partial charge >= 0.3 is 11.9 Å². The molecule has 0 saturated heterocycles. The van der Waals surface area contributed by atoms with Gasteiger partial charge in [0.05, 0.1) is 9.90 Å². The quantitative estimate of drug-likeness (QED) is 0.287. The predicted octanol–water partition coefficient (Wildman–Crippen LogP) is 5.14. The molecule has 0 aliphatic carbocycles. The summed E-state index contributed by atoms with van der Waals surface area (Å²) in [6.07, 6.45) is 0.466. The Morgan fingerprint density at radius 2 is 1.71 bits per heavy atom. The van der Waals surface area contributed by atoms with Crippen LogP contribution in [0.1, 0.15) is 42.6 Å². The molecule has 1 aromatic heterocycles. The highest BCUT2D eigenvalue weighted by molar-refractivity contribution is 7.19. The Labute approximate surface area is 212 Å². The van der Waals surface area contributed by atoms with Crippen molar-refractivity contribution in [1.29, 1.82) is 0 Å². The van der Waals surface area contributed by atoms with E-state index in [4.69, 9.17) is 22.1 Å². The van der Waals surface area contributed by atoms with E-state index in [2.05, 4.69) is 5.32 Å². The van der Waals surface area contributed by atoms with E-state index >= 15 is 0 Å². The second-order valence-corrected chi connectivity index (χ2v) is 10.5. The number of halogens is 2. The average Bonchev–Trinajstić information content (AvgIpc) is 3.24. The summed E-state index contributed by atoms with van der Waals surface area (Å²) in [4.78, 5) is 37.8. The average molecular weight is 517 g/mol. The molecule has 0 aliphatic rings. The van der Waals surface area contributed by atoms with Gasteiger partial charge in [0.2, 0.25) is 5.91 Å². The van der Waals surface area contributed by atoms with Crippen LogP contribution < -0.4 is 11.1 Å². The molecule has 0 radical (unpaired) electrons. The lowest BCUT2D eigenvalue weighted by molar-refractivity contribution is -0.141. The van der Waals surface area contributed by atoms with Crippen molar-refractivity contribution in [3.05, 3.63) is 81.9 Å². The van der Waals surface area contributed by atoms with Crippen LogP contribution >= 0.6 is 22.9 Å². The summed E-state index contributed by atoms with van der Waals surface area (Å²) in [7, 11) is 0. The number of hydrogen-bond donors (Lipinski definition) is 2. The van der Waals surface area contributed by atoms with Gasteiger partial charge in [0.1, 0.15) is 11.9 Å². The minimum atomic E-state index is -0.950. The van der Waals surface area contributed by atoms with Crippen molar-refractivity contribution in [2.75, 3.05) is 0 Å². The van der Waals surface area contributed by atoms with Crippen LogP contribution in [0, 0.1) is 5.82 Å². The van der Waals surface area contributed by atoms with Crippen LogP contribution in [0.5, 0.6) is 0 Å². The third-order valence-electron chi connectivity index (χ3n) is 5.26. The van der Waals surface area contributed by atoms with Gasteiger partial charge in [-0.05, 0) is 74.2 Å². The van der Waals surface area contributed by atoms with E-state index in [-0.39, 0.29) is 24.2 Å². The maximum Gasteiger partial charge on any atom is 0.345 e. The fraction of sp³-hybridized carbons (Fsp3) is 0.269. The summed E-state index contributed by atoms with van der Waals surface area (Å²) in [5.74, 6) is -2.52. The van der Waals surface area contributed by atoms with Crippen molar-refractivity contribution in [2.24, 2.45) is 5.73 Å². The number of esters is 2. The first kappa shape index (κ1) is 26.5. The molecular weight excluding hydrogens is 491 g/mol. The lowest BCUT2D eigenvalue weighted by Gasteiger charge is -2.31. The van der Waals surface area contributed by atoms with Gasteiger partial charge in [-0.3, -0.25) is 10.1 Å². The molecule has 3 rings (SSSR count). The molecule has 2 aromatic carbocycles. The number of amides is 1. The Bertz CT molecular complexity index is 1190. The van der Waals surface area contributed by atoms with Crippen LogP contribution in [-0.4, -0.2) is 29.4 Å². The smallest absolute Gasteiger partial charge is 0.345 e. The zero-order valence-corrected chi connectivity index (χ0v) is 20.9. The summed E-state index contributed by atoms with van der Waals surface area (Å²) < 4.78 is 19.0. The molecule has 1 atom stereocenters. The molecule has 0 spiro atoms. The van der Waals surface area contributed by atoms with E-state index < -0.39 is 29.4 Å². The fourth-order valence-corrected chi connectivity index (χ4v) is 4.68. The molecule has 0 saturated carbocycles. The maximum atomic E-state index is 13.2. The number of thiophene rings is 1. The molecule has 6 nitrogen and oxygen atoms in total. The van der Waals surface area contributed by atoms with Gasteiger partial charge in [0, 0.05) is 16.8 Å². The molecule has 0 fully saturated rings. The number of rotatable bonds is 10. The second kappa shape index (κ2) is 11.6. The van der Waals surface area contributed by atoms with Crippen molar-refractivity contribution in [3.8, 4) is 10.4 Å². The zero-order valence-electron chi connectivity index (χ0n) is 19.3. The number of nitrogens with two attached hydrogens (primary N) is 1.